The molecule has 1 atom stereocenters. The van der Waals surface area contributed by atoms with Crippen molar-refractivity contribution in [1.29, 1.82) is 0 Å². The third kappa shape index (κ3) is 3.10. The Morgan fingerprint density at radius 1 is 1.39 bits per heavy atom. The fourth-order valence-corrected chi connectivity index (χ4v) is 1.66. The number of hydrogen-bond donors (Lipinski definition) is 1. The van der Waals surface area contributed by atoms with E-state index in [1.807, 2.05) is 6.92 Å². The topological polar surface area (TPSA) is 51.0 Å². The van der Waals surface area contributed by atoms with Crippen molar-refractivity contribution in [3.05, 3.63) is 47.6 Å². The Labute approximate surface area is 103 Å². The van der Waals surface area contributed by atoms with Crippen molar-refractivity contribution in [2.45, 2.75) is 19.4 Å². The maximum Gasteiger partial charge on any atom is 0.227 e. The van der Waals surface area contributed by atoms with E-state index in [1.54, 1.807) is 0 Å². The molecule has 0 radical (unpaired) electrons. The van der Waals surface area contributed by atoms with Gasteiger partial charge in [-0.2, -0.15) is 4.98 Å². The largest absolute Gasteiger partial charge is 0.340 e. The predicted molar refractivity (Wildman–Crippen MR) is 60.8 cm³/mol. The molecule has 6 heteroatoms. The molecule has 1 aromatic carbocycles. The van der Waals surface area contributed by atoms with E-state index in [0.717, 1.165) is 6.07 Å². The first-order valence-electron chi connectivity index (χ1n) is 5.60. The molecule has 4 nitrogen and oxygen atoms in total. The van der Waals surface area contributed by atoms with Gasteiger partial charge in [-0.15, -0.1) is 0 Å². The third-order valence-electron chi connectivity index (χ3n) is 2.63. The quantitative estimate of drug-likeness (QED) is 0.887. The van der Waals surface area contributed by atoms with Crippen LogP contribution in [0, 0.1) is 11.6 Å². The lowest BCUT2D eigenvalue weighted by Crippen LogP contribution is -2.22. The van der Waals surface area contributed by atoms with Gasteiger partial charge in [-0.1, -0.05) is 11.2 Å². The summed E-state index contributed by atoms with van der Waals surface area (Å²) in [5.41, 5.74) is 0.432. The fraction of sp³-hybridized carbons (Fsp3) is 0.333. The Morgan fingerprint density at radius 3 is 2.89 bits per heavy atom. The monoisotopic (exact) mass is 253 g/mol. The highest BCUT2D eigenvalue weighted by Crippen LogP contribution is 2.17. The first kappa shape index (κ1) is 12.6. The highest BCUT2D eigenvalue weighted by molar-refractivity contribution is 5.21. The minimum absolute atomic E-state index is 0.214. The van der Waals surface area contributed by atoms with Crippen LogP contribution in [0.4, 0.5) is 8.78 Å². The van der Waals surface area contributed by atoms with Gasteiger partial charge in [-0.25, -0.2) is 8.78 Å². The number of nitrogens with one attached hydrogen (secondary N) is 1. The first-order valence-corrected chi connectivity index (χ1v) is 5.60. The Morgan fingerprint density at radius 2 is 2.22 bits per heavy atom. The molecule has 0 saturated heterocycles. The molecule has 0 amide bonds. The van der Waals surface area contributed by atoms with Gasteiger partial charge < -0.3 is 9.84 Å². The summed E-state index contributed by atoms with van der Waals surface area (Å²) < 4.78 is 31.1. The Kier molecular flexibility index (Phi) is 3.99. The number of benzene rings is 1. The Hall–Kier alpha value is -1.82. The molecule has 2 aromatic rings. The molecular formula is C12H13F2N3O. The molecule has 0 aliphatic rings. The molecule has 1 aromatic heterocycles. The summed E-state index contributed by atoms with van der Waals surface area (Å²) in [5.74, 6) is -0.601. The van der Waals surface area contributed by atoms with Gasteiger partial charge in [0.15, 0.2) is 6.33 Å². The van der Waals surface area contributed by atoms with E-state index in [0.29, 0.717) is 24.4 Å². The van der Waals surface area contributed by atoms with E-state index in [2.05, 4.69) is 15.5 Å². The fourth-order valence-electron chi connectivity index (χ4n) is 1.66. The van der Waals surface area contributed by atoms with Gasteiger partial charge in [0.2, 0.25) is 5.89 Å². The Bertz CT molecular complexity index is 502. The number of hydrogen-bond acceptors (Lipinski definition) is 4. The van der Waals surface area contributed by atoms with Crippen LogP contribution in [0.15, 0.2) is 29.0 Å². The van der Waals surface area contributed by atoms with Crippen molar-refractivity contribution in [1.82, 2.24) is 15.5 Å². The highest BCUT2D eigenvalue weighted by atomic mass is 19.1. The molecule has 0 aliphatic carbocycles. The molecule has 0 fully saturated rings. The van der Waals surface area contributed by atoms with Crippen LogP contribution in [0.1, 0.15) is 24.4 Å². The maximum atomic E-state index is 13.5. The highest BCUT2D eigenvalue weighted by Gasteiger charge is 2.11. The summed E-state index contributed by atoms with van der Waals surface area (Å²) in [5, 5.41) is 6.59. The van der Waals surface area contributed by atoms with Crippen molar-refractivity contribution in [2.24, 2.45) is 0 Å². The third-order valence-corrected chi connectivity index (χ3v) is 2.63. The van der Waals surface area contributed by atoms with E-state index in [9.17, 15) is 8.78 Å². The van der Waals surface area contributed by atoms with Crippen LogP contribution in [-0.4, -0.2) is 16.7 Å². The second-order valence-electron chi connectivity index (χ2n) is 3.93. The zero-order chi connectivity index (χ0) is 13.0. The van der Waals surface area contributed by atoms with Crippen molar-refractivity contribution in [3.63, 3.8) is 0 Å². The van der Waals surface area contributed by atoms with Gasteiger partial charge in [-0.05, 0) is 13.0 Å². The van der Waals surface area contributed by atoms with E-state index in [4.69, 9.17) is 4.52 Å². The van der Waals surface area contributed by atoms with Gasteiger partial charge in [0, 0.05) is 30.6 Å². The lowest BCUT2D eigenvalue weighted by molar-refractivity contribution is 0.372. The summed E-state index contributed by atoms with van der Waals surface area (Å²) in [6.07, 6.45) is 1.89. The van der Waals surface area contributed by atoms with Crippen molar-refractivity contribution >= 4 is 0 Å². The molecule has 0 spiro atoms. The van der Waals surface area contributed by atoms with Crippen molar-refractivity contribution < 1.29 is 13.3 Å². The van der Waals surface area contributed by atoms with Crippen LogP contribution in [0.5, 0.6) is 0 Å². The molecule has 2 rings (SSSR count). The molecule has 1 unspecified atom stereocenters. The van der Waals surface area contributed by atoms with Gasteiger partial charge in [-0.3, -0.25) is 0 Å². The first-order chi connectivity index (χ1) is 8.66. The van der Waals surface area contributed by atoms with Gasteiger partial charge >= 0.3 is 0 Å². The van der Waals surface area contributed by atoms with E-state index >= 15 is 0 Å². The number of nitrogens with zero attached hydrogens (tertiary/aromatic N) is 2. The normalized spacial score (nSPS) is 12.6. The number of halogens is 2. The van der Waals surface area contributed by atoms with Gasteiger partial charge in [0.1, 0.15) is 11.6 Å². The predicted octanol–water partition coefficient (Wildman–Crippen LogP) is 2.24. The average molecular weight is 253 g/mol. The summed E-state index contributed by atoms with van der Waals surface area (Å²) in [6.45, 7) is 2.38. The average Bonchev–Trinajstić information content (AvgIpc) is 2.81. The molecule has 0 saturated carbocycles. The number of rotatable bonds is 5. The second-order valence-corrected chi connectivity index (χ2v) is 3.93. The van der Waals surface area contributed by atoms with E-state index in [-0.39, 0.29) is 6.04 Å². The smallest absolute Gasteiger partial charge is 0.227 e. The minimum atomic E-state index is -0.575. The van der Waals surface area contributed by atoms with Crippen molar-refractivity contribution in [3.8, 4) is 0 Å². The van der Waals surface area contributed by atoms with Crippen LogP contribution < -0.4 is 5.32 Å². The molecule has 0 aliphatic heterocycles. The molecule has 1 heterocycles. The molecule has 1 N–H and O–H groups in total. The van der Waals surface area contributed by atoms with E-state index in [1.165, 1.54) is 18.5 Å². The van der Waals surface area contributed by atoms with Crippen LogP contribution in [0.25, 0.3) is 0 Å². The zero-order valence-electron chi connectivity index (χ0n) is 9.86. The van der Waals surface area contributed by atoms with Gasteiger partial charge in [0.25, 0.3) is 0 Å². The van der Waals surface area contributed by atoms with E-state index < -0.39 is 11.6 Å². The van der Waals surface area contributed by atoms with Crippen LogP contribution in [-0.2, 0) is 6.42 Å². The second kappa shape index (κ2) is 5.68. The molecule has 96 valence electrons. The van der Waals surface area contributed by atoms with Crippen LogP contribution in [0.3, 0.4) is 0 Å². The summed E-state index contributed by atoms with van der Waals surface area (Å²) >= 11 is 0. The minimum Gasteiger partial charge on any atom is -0.340 e. The van der Waals surface area contributed by atoms with Crippen molar-refractivity contribution in [2.75, 3.05) is 6.54 Å². The SMILES string of the molecule is CC(NCCc1ncno1)c1ccc(F)cc1F. The lowest BCUT2D eigenvalue weighted by Gasteiger charge is -2.14. The van der Waals surface area contributed by atoms with Crippen LogP contribution in [0.2, 0.25) is 0 Å². The molecule has 0 bridgehead atoms. The maximum absolute atomic E-state index is 13.5. The van der Waals surface area contributed by atoms with Crippen LogP contribution >= 0.6 is 0 Å². The summed E-state index contributed by atoms with van der Waals surface area (Å²) in [6, 6.07) is 3.35. The zero-order valence-corrected chi connectivity index (χ0v) is 9.86. The molecular weight excluding hydrogens is 240 g/mol. The lowest BCUT2D eigenvalue weighted by atomic mass is 10.1. The summed E-state index contributed by atoms with van der Waals surface area (Å²) in [7, 11) is 0. The standard InChI is InChI=1S/C12H13F2N3O/c1-8(10-3-2-9(13)6-11(10)14)15-5-4-12-16-7-17-18-12/h2-3,6-8,15H,4-5H2,1H3. The number of aromatic nitrogens is 2. The Balaban J connectivity index is 1.89. The molecule has 18 heavy (non-hydrogen) atoms. The van der Waals surface area contributed by atoms with Gasteiger partial charge in [0.05, 0.1) is 0 Å². The summed E-state index contributed by atoms with van der Waals surface area (Å²) in [4.78, 5) is 3.87.